The highest BCUT2D eigenvalue weighted by atomic mass is 16.5. The average molecular weight is 297 g/mol. The Morgan fingerprint density at radius 1 is 1.00 bits per heavy atom. The number of aliphatic carboxylic acids is 1. The molecule has 1 aliphatic heterocycles. The average Bonchev–Trinajstić information content (AvgIpc) is 2.34. The number of rotatable bonds is 2. The number of carbonyl (C=O) groups excluding carboxylic acids is 1. The molecule has 0 aromatic rings. The topological polar surface area (TPSA) is 66.8 Å². The molecule has 1 N–H and O–H groups in total. The molecule has 1 aliphatic carbocycles. The Balaban J connectivity index is 2.16. The van der Waals surface area contributed by atoms with Gasteiger partial charge in [0.1, 0.15) is 0 Å². The van der Waals surface area contributed by atoms with Crippen LogP contribution in [0.2, 0.25) is 0 Å². The molecule has 0 radical (unpaired) electrons. The number of hydrogen-bond donors (Lipinski definition) is 1. The minimum atomic E-state index is -0.833. The van der Waals surface area contributed by atoms with Gasteiger partial charge in [-0.1, -0.05) is 12.8 Å². The van der Waals surface area contributed by atoms with Crippen LogP contribution in [0.4, 0.5) is 0 Å². The third-order valence-electron chi connectivity index (χ3n) is 4.41. The Morgan fingerprint density at radius 2 is 1.48 bits per heavy atom. The number of ether oxygens (including phenoxy) is 1. The molecule has 5 nitrogen and oxygen atoms in total. The van der Waals surface area contributed by atoms with E-state index in [0.29, 0.717) is 25.9 Å². The van der Waals surface area contributed by atoms with Crippen LogP contribution in [-0.2, 0) is 14.3 Å². The van der Waals surface area contributed by atoms with Crippen molar-refractivity contribution >= 4 is 11.9 Å². The zero-order valence-electron chi connectivity index (χ0n) is 13.5. The summed E-state index contributed by atoms with van der Waals surface area (Å²) in [6, 6.07) is 0. The second-order valence-corrected chi connectivity index (χ2v) is 7.65. The van der Waals surface area contributed by atoms with E-state index in [4.69, 9.17) is 4.74 Å². The zero-order valence-corrected chi connectivity index (χ0v) is 13.5. The van der Waals surface area contributed by atoms with Crippen molar-refractivity contribution in [1.82, 2.24) is 4.90 Å². The van der Waals surface area contributed by atoms with Gasteiger partial charge in [0.05, 0.1) is 23.0 Å². The van der Waals surface area contributed by atoms with E-state index in [1.807, 2.05) is 32.6 Å². The van der Waals surface area contributed by atoms with Crippen molar-refractivity contribution in [2.75, 3.05) is 13.1 Å². The van der Waals surface area contributed by atoms with Gasteiger partial charge in [-0.15, -0.1) is 0 Å². The number of nitrogens with zero attached hydrogens (tertiary/aromatic N) is 1. The van der Waals surface area contributed by atoms with Crippen LogP contribution >= 0.6 is 0 Å². The van der Waals surface area contributed by atoms with Crippen LogP contribution in [0.15, 0.2) is 0 Å². The van der Waals surface area contributed by atoms with Crippen LogP contribution < -0.4 is 0 Å². The summed E-state index contributed by atoms with van der Waals surface area (Å²) in [5.41, 5.74) is -0.796. The molecular formula is C16H27NO4. The van der Waals surface area contributed by atoms with Crippen LogP contribution in [-0.4, -0.2) is 46.2 Å². The summed E-state index contributed by atoms with van der Waals surface area (Å²) in [4.78, 5) is 26.1. The van der Waals surface area contributed by atoms with Gasteiger partial charge in [0.2, 0.25) is 5.91 Å². The van der Waals surface area contributed by atoms with Gasteiger partial charge in [-0.2, -0.15) is 0 Å². The fourth-order valence-corrected chi connectivity index (χ4v) is 3.90. The molecule has 0 aromatic heterocycles. The lowest BCUT2D eigenvalue weighted by atomic mass is 9.78. The molecule has 2 atom stereocenters. The molecule has 1 saturated heterocycles. The minimum Gasteiger partial charge on any atom is -0.481 e. The van der Waals surface area contributed by atoms with E-state index in [-0.39, 0.29) is 11.8 Å². The maximum Gasteiger partial charge on any atom is 0.307 e. The third-order valence-corrected chi connectivity index (χ3v) is 4.41. The van der Waals surface area contributed by atoms with E-state index >= 15 is 0 Å². The van der Waals surface area contributed by atoms with Gasteiger partial charge in [0.25, 0.3) is 0 Å². The number of carboxylic acid groups (broad SMARTS) is 1. The van der Waals surface area contributed by atoms with Crippen molar-refractivity contribution in [3.8, 4) is 0 Å². The monoisotopic (exact) mass is 297 g/mol. The molecule has 2 aliphatic rings. The Labute approximate surface area is 126 Å². The van der Waals surface area contributed by atoms with Gasteiger partial charge in [0.15, 0.2) is 0 Å². The standard InChI is InChI=1S/C16H27NO4/c1-15(2)9-17(10-16(3,4)21-15)13(18)11-7-5-6-8-12(11)14(19)20/h11-12H,5-10H2,1-4H3,(H,19,20). The highest BCUT2D eigenvalue weighted by molar-refractivity contribution is 5.85. The maximum absolute atomic E-state index is 12.9. The molecule has 120 valence electrons. The molecule has 5 heteroatoms. The van der Waals surface area contributed by atoms with Crippen molar-refractivity contribution in [3.05, 3.63) is 0 Å². The molecule has 2 fully saturated rings. The van der Waals surface area contributed by atoms with E-state index in [1.165, 1.54) is 0 Å². The molecule has 0 bridgehead atoms. The van der Waals surface area contributed by atoms with E-state index in [2.05, 4.69) is 0 Å². The number of hydrogen-bond acceptors (Lipinski definition) is 3. The number of carboxylic acids is 1. The van der Waals surface area contributed by atoms with Gasteiger partial charge in [-0.25, -0.2) is 0 Å². The molecule has 21 heavy (non-hydrogen) atoms. The summed E-state index contributed by atoms with van der Waals surface area (Å²) >= 11 is 0. The highest BCUT2D eigenvalue weighted by Crippen LogP contribution is 2.35. The molecule has 1 saturated carbocycles. The largest absolute Gasteiger partial charge is 0.481 e. The van der Waals surface area contributed by atoms with Crippen LogP contribution in [0.25, 0.3) is 0 Å². The Kier molecular flexibility index (Phi) is 4.34. The van der Waals surface area contributed by atoms with Crippen LogP contribution in [0.5, 0.6) is 0 Å². The summed E-state index contributed by atoms with van der Waals surface area (Å²) in [7, 11) is 0. The van der Waals surface area contributed by atoms with Gasteiger partial charge >= 0.3 is 5.97 Å². The first-order valence-electron chi connectivity index (χ1n) is 7.83. The molecule has 0 aromatic carbocycles. The van der Waals surface area contributed by atoms with E-state index in [0.717, 1.165) is 12.8 Å². The van der Waals surface area contributed by atoms with Gasteiger partial charge in [-0.3, -0.25) is 9.59 Å². The third kappa shape index (κ3) is 3.76. The molecular weight excluding hydrogens is 270 g/mol. The Hall–Kier alpha value is -1.10. The maximum atomic E-state index is 12.9. The fourth-order valence-electron chi connectivity index (χ4n) is 3.90. The van der Waals surface area contributed by atoms with Crippen LogP contribution in [0, 0.1) is 11.8 Å². The van der Waals surface area contributed by atoms with Crippen molar-refractivity contribution in [2.45, 2.75) is 64.6 Å². The summed E-state index contributed by atoms with van der Waals surface area (Å²) in [5, 5.41) is 9.37. The van der Waals surface area contributed by atoms with Crippen LogP contribution in [0.1, 0.15) is 53.4 Å². The fraction of sp³-hybridized carbons (Fsp3) is 0.875. The first-order valence-corrected chi connectivity index (χ1v) is 7.83. The molecule has 2 unspecified atom stereocenters. The van der Waals surface area contributed by atoms with Crippen molar-refractivity contribution < 1.29 is 19.4 Å². The summed E-state index contributed by atoms with van der Waals surface area (Å²) < 4.78 is 5.99. The van der Waals surface area contributed by atoms with E-state index < -0.39 is 23.1 Å². The summed E-state index contributed by atoms with van der Waals surface area (Å²) in [6.45, 7) is 8.96. The van der Waals surface area contributed by atoms with Gasteiger partial charge in [-0.05, 0) is 40.5 Å². The van der Waals surface area contributed by atoms with Gasteiger partial charge in [0, 0.05) is 13.1 Å². The van der Waals surface area contributed by atoms with E-state index in [9.17, 15) is 14.7 Å². The molecule has 2 rings (SSSR count). The summed E-state index contributed by atoms with van der Waals surface area (Å²) in [5.74, 6) is -1.74. The quantitative estimate of drug-likeness (QED) is 0.849. The Morgan fingerprint density at radius 3 is 1.95 bits per heavy atom. The molecule has 1 amide bonds. The number of morpholine rings is 1. The van der Waals surface area contributed by atoms with Crippen LogP contribution in [0.3, 0.4) is 0 Å². The van der Waals surface area contributed by atoms with E-state index in [1.54, 1.807) is 0 Å². The number of amides is 1. The summed E-state index contributed by atoms with van der Waals surface area (Å²) in [6.07, 6.45) is 3.15. The van der Waals surface area contributed by atoms with Crippen molar-refractivity contribution in [3.63, 3.8) is 0 Å². The smallest absolute Gasteiger partial charge is 0.307 e. The minimum absolute atomic E-state index is 0.00782. The first kappa shape index (κ1) is 16.3. The van der Waals surface area contributed by atoms with Crippen molar-refractivity contribution in [2.24, 2.45) is 11.8 Å². The SMILES string of the molecule is CC1(C)CN(C(=O)C2CCCCC2C(=O)O)CC(C)(C)O1. The molecule has 0 spiro atoms. The second kappa shape index (κ2) is 5.59. The lowest BCUT2D eigenvalue weighted by Gasteiger charge is -2.48. The normalized spacial score (nSPS) is 31.7. The molecule has 1 heterocycles. The lowest BCUT2D eigenvalue weighted by molar-refractivity contribution is -0.192. The highest BCUT2D eigenvalue weighted by Gasteiger charge is 2.44. The zero-order chi connectivity index (χ0) is 15.8. The van der Waals surface area contributed by atoms with Gasteiger partial charge < -0.3 is 14.7 Å². The lowest BCUT2D eigenvalue weighted by Crippen LogP contribution is -2.60. The van der Waals surface area contributed by atoms with Crippen molar-refractivity contribution in [1.29, 1.82) is 0 Å². The predicted octanol–water partition coefficient (Wildman–Crippen LogP) is 2.29. The predicted molar refractivity (Wildman–Crippen MR) is 78.9 cm³/mol. The number of carbonyl (C=O) groups is 2. The second-order valence-electron chi connectivity index (χ2n) is 7.65. The Bertz CT molecular complexity index is 414. The first-order chi connectivity index (χ1) is 9.61.